The number of ether oxygens (including phenoxy) is 1. The first-order valence-corrected chi connectivity index (χ1v) is 7.16. The van der Waals surface area contributed by atoms with Crippen LogP contribution in [0.5, 0.6) is 0 Å². The van der Waals surface area contributed by atoms with Crippen LogP contribution in [-0.4, -0.2) is 59.0 Å². The van der Waals surface area contributed by atoms with Crippen LogP contribution in [0.2, 0.25) is 0 Å². The number of carbonyl (C=O) groups excluding carboxylic acids is 1. The van der Waals surface area contributed by atoms with Gasteiger partial charge in [-0.15, -0.1) is 10.2 Å². The third-order valence-corrected chi connectivity index (χ3v) is 3.31. The van der Waals surface area contributed by atoms with E-state index >= 15 is 0 Å². The molecule has 3 rings (SSSR count). The number of hydrogen-bond donors (Lipinski definition) is 1. The summed E-state index contributed by atoms with van der Waals surface area (Å²) >= 11 is 0. The molecule has 0 radical (unpaired) electrons. The number of carbonyl (C=O) groups is 1. The predicted octanol–water partition coefficient (Wildman–Crippen LogP) is 0.716. The van der Waals surface area contributed by atoms with Crippen LogP contribution < -0.4 is 5.32 Å². The third kappa shape index (κ3) is 3.59. The van der Waals surface area contributed by atoms with Crippen molar-refractivity contribution in [1.82, 2.24) is 25.4 Å². The second-order valence-corrected chi connectivity index (χ2v) is 4.82. The molecule has 1 aliphatic heterocycles. The summed E-state index contributed by atoms with van der Waals surface area (Å²) in [6.07, 6.45) is 3.83. The highest BCUT2D eigenvalue weighted by Crippen LogP contribution is 2.16. The molecule has 0 spiro atoms. The van der Waals surface area contributed by atoms with E-state index in [1.54, 1.807) is 29.4 Å². The summed E-state index contributed by atoms with van der Waals surface area (Å²) in [5, 5.41) is 10.8. The average molecular weight is 303 g/mol. The number of aromatic nitrogens is 3. The van der Waals surface area contributed by atoms with E-state index in [0.29, 0.717) is 51.1 Å². The van der Waals surface area contributed by atoms with Crippen molar-refractivity contribution in [1.29, 1.82) is 0 Å². The predicted molar refractivity (Wildman–Crippen MR) is 77.0 cm³/mol. The molecule has 0 atom stereocenters. The molecule has 3 heterocycles. The molecule has 22 heavy (non-hydrogen) atoms. The van der Waals surface area contributed by atoms with Crippen molar-refractivity contribution in [3.63, 3.8) is 0 Å². The van der Waals surface area contributed by atoms with E-state index in [9.17, 15) is 4.79 Å². The second kappa shape index (κ2) is 6.99. The molecular formula is C14H17N5O3. The van der Waals surface area contributed by atoms with Gasteiger partial charge in [-0.25, -0.2) is 4.79 Å². The van der Waals surface area contributed by atoms with E-state index in [4.69, 9.17) is 9.15 Å². The number of urea groups is 1. The maximum absolute atomic E-state index is 11.9. The van der Waals surface area contributed by atoms with Crippen molar-refractivity contribution < 1.29 is 13.9 Å². The van der Waals surface area contributed by atoms with Crippen LogP contribution in [0.4, 0.5) is 4.79 Å². The molecule has 0 bridgehead atoms. The molecule has 8 heteroatoms. The summed E-state index contributed by atoms with van der Waals surface area (Å²) < 4.78 is 10.8. The van der Waals surface area contributed by atoms with Crippen molar-refractivity contribution in [3.8, 4) is 11.5 Å². The molecule has 2 aromatic rings. The molecular weight excluding hydrogens is 286 g/mol. The van der Waals surface area contributed by atoms with Crippen molar-refractivity contribution in [2.24, 2.45) is 0 Å². The monoisotopic (exact) mass is 303 g/mol. The molecule has 1 saturated heterocycles. The number of rotatable bonds is 4. The molecule has 116 valence electrons. The van der Waals surface area contributed by atoms with Gasteiger partial charge in [0.15, 0.2) is 0 Å². The zero-order valence-electron chi connectivity index (χ0n) is 12.1. The molecule has 0 saturated carbocycles. The first kappa shape index (κ1) is 14.5. The van der Waals surface area contributed by atoms with E-state index in [2.05, 4.69) is 20.5 Å². The summed E-state index contributed by atoms with van der Waals surface area (Å²) in [6, 6.07) is 3.52. The fraction of sp³-hybridized carbons (Fsp3) is 0.429. The maximum Gasteiger partial charge on any atom is 0.317 e. The van der Waals surface area contributed by atoms with Crippen molar-refractivity contribution >= 4 is 6.03 Å². The minimum absolute atomic E-state index is 0.0860. The number of nitrogens with zero attached hydrogens (tertiary/aromatic N) is 4. The summed E-state index contributed by atoms with van der Waals surface area (Å²) in [5.74, 6) is 0.950. The van der Waals surface area contributed by atoms with Crippen molar-refractivity contribution in [2.45, 2.75) is 6.42 Å². The molecule has 2 amide bonds. The van der Waals surface area contributed by atoms with E-state index in [0.717, 1.165) is 5.56 Å². The third-order valence-electron chi connectivity index (χ3n) is 3.31. The Labute approximate surface area is 127 Å². The summed E-state index contributed by atoms with van der Waals surface area (Å²) in [5.41, 5.74) is 0.825. The SMILES string of the molecule is O=C(NCCc1nnc(-c2ccncc2)o1)N1CCOCC1. The molecule has 0 unspecified atom stereocenters. The number of amides is 2. The number of nitrogens with one attached hydrogen (secondary N) is 1. The Kier molecular flexibility index (Phi) is 4.59. The Hall–Kier alpha value is -2.48. The van der Waals surface area contributed by atoms with E-state index in [1.807, 2.05) is 0 Å². The largest absolute Gasteiger partial charge is 0.421 e. The summed E-state index contributed by atoms with van der Waals surface area (Å²) in [4.78, 5) is 17.6. The van der Waals surface area contributed by atoms with Gasteiger partial charge in [-0.3, -0.25) is 4.98 Å². The molecule has 0 aliphatic carbocycles. The van der Waals surface area contributed by atoms with Crippen LogP contribution in [0, 0.1) is 0 Å². The van der Waals surface area contributed by atoms with E-state index in [1.165, 1.54) is 0 Å². The van der Waals surface area contributed by atoms with E-state index in [-0.39, 0.29) is 6.03 Å². The molecule has 1 aliphatic rings. The lowest BCUT2D eigenvalue weighted by molar-refractivity contribution is 0.0532. The van der Waals surface area contributed by atoms with Crippen molar-refractivity contribution in [3.05, 3.63) is 30.4 Å². The van der Waals surface area contributed by atoms with Crippen LogP contribution in [-0.2, 0) is 11.2 Å². The molecule has 0 aromatic carbocycles. The number of hydrogen-bond acceptors (Lipinski definition) is 6. The van der Waals surface area contributed by atoms with Gasteiger partial charge < -0.3 is 19.4 Å². The van der Waals surface area contributed by atoms with Crippen LogP contribution >= 0.6 is 0 Å². The average Bonchev–Trinajstić information content (AvgIpc) is 3.05. The Morgan fingerprint density at radius 2 is 2.00 bits per heavy atom. The van der Waals surface area contributed by atoms with Crippen LogP contribution in [0.3, 0.4) is 0 Å². The topological polar surface area (TPSA) is 93.4 Å². The van der Waals surface area contributed by atoms with Crippen LogP contribution in [0.25, 0.3) is 11.5 Å². The molecule has 1 N–H and O–H groups in total. The molecule has 2 aromatic heterocycles. The molecule has 8 nitrogen and oxygen atoms in total. The van der Waals surface area contributed by atoms with Gasteiger partial charge in [-0.05, 0) is 12.1 Å². The van der Waals surface area contributed by atoms with Crippen molar-refractivity contribution in [2.75, 3.05) is 32.8 Å². The lowest BCUT2D eigenvalue weighted by Crippen LogP contribution is -2.46. The normalized spacial score (nSPS) is 14.8. The first-order valence-electron chi connectivity index (χ1n) is 7.16. The highest BCUT2D eigenvalue weighted by Gasteiger charge is 2.16. The van der Waals surface area contributed by atoms with Gasteiger partial charge in [0, 0.05) is 44.0 Å². The standard InChI is InChI=1S/C14H17N5O3/c20-14(19-7-9-21-10-8-19)16-6-3-12-17-18-13(22-12)11-1-4-15-5-2-11/h1-2,4-5H,3,6-10H2,(H,16,20). The fourth-order valence-corrected chi connectivity index (χ4v) is 2.12. The van der Waals surface area contributed by atoms with Gasteiger partial charge in [0.05, 0.1) is 13.2 Å². The Bertz CT molecular complexity index is 610. The molecule has 1 fully saturated rings. The number of pyridine rings is 1. The fourth-order valence-electron chi connectivity index (χ4n) is 2.12. The quantitative estimate of drug-likeness (QED) is 0.894. The Morgan fingerprint density at radius 3 is 2.77 bits per heavy atom. The first-order chi connectivity index (χ1) is 10.8. The van der Waals surface area contributed by atoms with Gasteiger partial charge in [-0.2, -0.15) is 0 Å². The lowest BCUT2D eigenvalue weighted by atomic mass is 10.3. The van der Waals surface area contributed by atoms with Gasteiger partial charge in [-0.1, -0.05) is 0 Å². The minimum atomic E-state index is -0.0860. The van der Waals surface area contributed by atoms with E-state index < -0.39 is 0 Å². The Balaban J connectivity index is 1.48. The highest BCUT2D eigenvalue weighted by molar-refractivity contribution is 5.74. The van der Waals surface area contributed by atoms with Crippen LogP contribution in [0.1, 0.15) is 5.89 Å². The summed E-state index contributed by atoms with van der Waals surface area (Å²) in [6.45, 7) is 2.88. The zero-order valence-corrected chi connectivity index (χ0v) is 12.1. The van der Waals surface area contributed by atoms with Gasteiger partial charge in [0.25, 0.3) is 0 Å². The minimum Gasteiger partial charge on any atom is -0.421 e. The summed E-state index contributed by atoms with van der Waals surface area (Å²) in [7, 11) is 0. The number of morpholine rings is 1. The zero-order chi connectivity index (χ0) is 15.2. The highest BCUT2D eigenvalue weighted by atomic mass is 16.5. The lowest BCUT2D eigenvalue weighted by Gasteiger charge is -2.26. The van der Waals surface area contributed by atoms with Gasteiger partial charge in [0.1, 0.15) is 0 Å². The smallest absolute Gasteiger partial charge is 0.317 e. The van der Waals surface area contributed by atoms with Gasteiger partial charge in [0.2, 0.25) is 11.8 Å². The second-order valence-electron chi connectivity index (χ2n) is 4.82. The van der Waals surface area contributed by atoms with Gasteiger partial charge >= 0.3 is 6.03 Å². The van der Waals surface area contributed by atoms with Crippen LogP contribution in [0.15, 0.2) is 28.9 Å². The Morgan fingerprint density at radius 1 is 1.23 bits per heavy atom. The maximum atomic E-state index is 11.9.